The van der Waals surface area contributed by atoms with E-state index < -0.39 is 32.4 Å². The van der Waals surface area contributed by atoms with Gasteiger partial charge < -0.3 is 14.5 Å². The molecule has 2 aliphatic rings. The zero-order valence-electron chi connectivity index (χ0n) is 17.5. The lowest BCUT2D eigenvalue weighted by atomic mass is 10.1. The third-order valence-corrected chi connectivity index (χ3v) is 5.42. The summed E-state index contributed by atoms with van der Waals surface area (Å²) in [7, 11) is -1.08. The van der Waals surface area contributed by atoms with Crippen molar-refractivity contribution in [3.05, 3.63) is 42.3 Å². The highest BCUT2D eigenvalue weighted by molar-refractivity contribution is 7.46. The van der Waals surface area contributed by atoms with Crippen molar-refractivity contribution >= 4 is 31.4 Å². The Labute approximate surface area is 187 Å². The van der Waals surface area contributed by atoms with Crippen LogP contribution < -0.4 is 15.9 Å². The molecule has 13 nitrogen and oxygen atoms in total. The summed E-state index contributed by atoms with van der Waals surface area (Å²) in [5.41, 5.74) is 6.76. The van der Waals surface area contributed by atoms with E-state index >= 15 is 0 Å². The zero-order valence-corrected chi connectivity index (χ0v) is 18.4. The fourth-order valence-electron chi connectivity index (χ4n) is 3.15. The number of rotatable bonds is 6. The Morgan fingerprint density at radius 2 is 2.12 bits per heavy atom. The SMILES string of the molecule is CN1NNC(=Nc2ccc(-c3ccc(N4C[C@H](COP(=O)(O)O)OC4=O)cc3F)cn2)N1C. The first-order valence-corrected chi connectivity index (χ1v) is 11.2. The molecule has 0 bridgehead atoms. The third kappa shape index (κ3) is 5.27. The van der Waals surface area contributed by atoms with Gasteiger partial charge in [0, 0.05) is 31.4 Å². The minimum absolute atomic E-state index is 0.0409. The topological polar surface area (TPSA) is 152 Å². The number of pyridine rings is 1. The molecule has 2 aromatic rings. The first kappa shape index (κ1) is 23.0. The summed E-state index contributed by atoms with van der Waals surface area (Å²) in [6.45, 7) is -0.520. The van der Waals surface area contributed by atoms with Crippen molar-refractivity contribution in [2.75, 3.05) is 32.1 Å². The summed E-state index contributed by atoms with van der Waals surface area (Å²) in [5.74, 6) is 0.375. The molecule has 176 valence electrons. The predicted octanol–water partition coefficient (Wildman–Crippen LogP) is 1.11. The Balaban J connectivity index is 1.46. The normalized spacial score (nSPS) is 20.5. The molecule has 0 radical (unpaired) electrons. The van der Waals surface area contributed by atoms with E-state index in [1.807, 2.05) is 0 Å². The van der Waals surface area contributed by atoms with Gasteiger partial charge in [0.05, 0.1) is 18.8 Å². The molecule has 1 aromatic carbocycles. The molecule has 4 N–H and O–H groups in total. The maximum atomic E-state index is 14.8. The van der Waals surface area contributed by atoms with Crippen LogP contribution >= 0.6 is 7.82 Å². The summed E-state index contributed by atoms with van der Waals surface area (Å²) < 4.78 is 35.1. The van der Waals surface area contributed by atoms with Crippen molar-refractivity contribution in [2.24, 2.45) is 4.99 Å². The van der Waals surface area contributed by atoms with E-state index in [1.54, 1.807) is 42.4 Å². The molecule has 15 heteroatoms. The van der Waals surface area contributed by atoms with Gasteiger partial charge in [-0.2, -0.15) is 4.99 Å². The molecule has 0 unspecified atom stereocenters. The van der Waals surface area contributed by atoms with Gasteiger partial charge in [0.1, 0.15) is 11.9 Å². The standard InChI is InChI=1S/C18H21FN7O6P/c1-24-17(22-23-25(24)2)21-16-6-3-11(8-20-16)14-5-4-12(7-15(14)19)26-9-13(32-18(26)27)10-31-33(28,29)30/h3-8,13,23H,9-10H2,1-2H3,(H,20,21,22)(H2,28,29,30)/t13-/m1/s1. The van der Waals surface area contributed by atoms with E-state index in [0.717, 1.165) is 4.90 Å². The summed E-state index contributed by atoms with van der Waals surface area (Å²) >= 11 is 0. The summed E-state index contributed by atoms with van der Waals surface area (Å²) in [4.78, 5) is 39.4. The van der Waals surface area contributed by atoms with Crippen molar-refractivity contribution in [1.82, 2.24) is 26.1 Å². The predicted molar refractivity (Wildman–Crippen MR) is 114 cm³/mol. The molecule has 2 saturated heterocycles. The Bertz CT molecular complexity index is 1130. The van der Waals surface area contributed by atoms with E-state index in [0.29, 0.717) is 17.3 Å². The van der Waals surface area contributed by atoms with Crippen LogP contribution in [0.2, 0.25) is 0 Å². The molecule has 1 aromatic heterocycles. The Morgan fingerprint density at radius 1 is 1.33 bits per heavy atom. The van der Waals surface area contributed by atoms with Crippen LogP contribution in [0.15, 0.2) is 41.5 Å². The van der Waals surface area contributed by atoms with Crippen molar-refractivity contribution in [3.63, 3.8) is 0 Å². The Morgan fingerprint density at radius 3 is 2.73 bits per heavy atom. The smallest absolute Gasteiger partial charge is 0.441 e. The highest BCUT2D eigenvalue weighted by Crippen LogP contribution is 2.37. The first-order chi connectivity index (χ1) is 15.6. The van der Waals surface area contributed by atoms with E-state index in [2.05, 4.69) is 25.5 Å². The maximum absolute atomic E-state index is 14.8. The number of nitrogens with one attached hydrogen (secondary N) is 2. The number of hydrazine groups is 3. The number of halogens is 1. The van der Waals surface area contributed by atoms with E-state index in [4.69, 9.17) is 14.5 Å². The number of hydrogen-bond donors (Lipinski definition) is 4. The number of nitrogens with zero attached hydrogens (tertiary/aromatic N) is 5. The largest absolute Gasteiger partial charge is 0.469 e. The summed E-state index contributed by atoms with van der Waals surface area (Å²) in [5, 5.41) is 3.42. The molecule has 2 aliphatic heterocycles. The van der Waals surface area contributed by atoms with E-state index in [9.17, 15) is 13.8 Å². The molecule has 0 spiro atoms. The van der Waals surface area contributed by atoms with Crippen LogP contribution in [0.4, 0.5) is 20.7 Å². The lowest BCUT2D eigenvalue weighted by molar-refractivity contribution is 0.0763. The van der Waals surface area contributed by atoms with Crippen molar-refractivity contribution in [2.45, 2.75) is 6.10 Å². The molecule has 0 aliphatic carbocycles. The second kappa shape index (κ2) is 9.02. The number of benzene rings is 1. The monoisotopic (exact) mass is 481 g/mol. The van der Waals surface area contributed by atoms with Gasteiger partial charge in [-0.15, -0.1) is 10.7 Å². The fraction of sp³-hybridized carbons (Fsp3) is 0.278. The van der Waals surface area contributed by atoms with Crippen LogP contribution in [0.5, 0.6) is 0 Å². The number of aliphatic imine (C=N–C) groups is 1. The van der Waals surface area contributed by atoms with Gasteiger partial charge in [-0.3, -0.25) is 19.9 Å². The van der Waals surface area contributed by atoms with Gasteiger partial charge in [-0.1, -0.05) is 0 Å². The first-order valence-electron chi connectivity index (χ1n) is 9.62. The number of hydrogen-bond acceptors (Lipinski definition) is 8. The molecule has 1 atom stereocenters. The lowest BCUT2D eigenvalue weighted by Crippen LogP contribution is -2.37. The highest BCUT2D eigenvalue weighted by Gasteiger charge is 2.34. The van der Waals surface area contributed by atoms with Crippen LogP contribution in [-0.4, -0.2) is 70.3 Å². The molecule has 2 fully saturated rings. The number of carbonyl (C=O) groups is 1. The van der Waals surface area contributed by atoms with Crippen LogP contribution in [0.25, 0.3) is 11.1 Å². The Kier molecular flexibility index (Phi) is 6.30. The average molecular weight is 481 g/mol. The van der Waals surface area contributed by atoms with Crippen molar-refractivity contribution in [3.8, 4) is 11.1 Å². The molecule has 33 heavy (non-hydrogen) atoms. The average Bonchev–Trinajstić information content (AvgIpc) is 3.29. The maximum Gasteiger partial charge on any atom is 0.469 e. The van der Waals surface area contributed by atoms with Gasteiger partial charge in [-0.25, -0.2) is 18.7 Å². The van der Waals surface area contributed by atoms with E-state index in [-0.39, 0.29) is 17.8 Å². The minimum atomic E-state index is -4.69. The summed E-state index contributed by atoms with van der Waals surface area (Å²) in [6, 6.07) is 7.54. The highest BCUT2D eigenvalue weighted by atomic mass is 31.2. The zero-order chi connectivity index (χ0) is 23.8. The second-order valence-corrected chi connectivity index (χ2v) is 8.43. The summed E-state index contributed by atoms with van der Waals surface area (Å²) in [6.07, 6.45) is -0.171. The van der Waals surface area contributed by atoms with Crippen LogP contribution in [0.3, 0.4) is 0 Å². The van der Waals surface area contributed by atoms with Crippen molar-refractivity contribution < 1.29 is 32.8 Å². The fourth-order valence-corrected chi connectivity index (χ4v) is 3.52. The third-order valence-electron chi connectivity index (χ3n) is 4.93. The molecular weight excluding hydrogens is 460 g/mol. The quantitative estimate of drug-likeness (QED) is 0.439. The number of carbonyl (C=O) groups excluding carboxylic acids is 1. The number of anilines is 1. The van der Waals surface area contributed by atoms with Gasteiger partial charge in [0.15, 0.2) is 5.82 Å². The minimum Gasteiger partial charge on any atom is -0.441 e. The van der Waals surface area contributed by atoms with Gasteiger partial charge >= 0.3 is 13.9 Å². The van der Waals surface area contributed by atoms with Gasteiger partial charge in [-0.05, 0) is 30.3 Å². The van der Waals surface area contributed by atoms with Gasteiger partial charge in [0.2, 0.25) is 5.96 Å². The molecule has 0 saturated carbocycles. The number of guanidine groups is 1. The van der Waals surface area contributed by atoms with Crippen molar-refractivity contribution in [1.29, 1.82) is 0 Å². The van der Waals surface area contributed by atoms with Gasteiger partial charge in [0.25, 0.3) is 0 Å². The Hall–Kier alpha value is -3.13. The molecule has 3 heterocycles. The van der Waals surface area contributed by atoms with Crippen LogP contribution in [-0.2, 0) is 13.8 Å². The number of phosphoric acid groups is 1. The van der Waals surface area contributed by atoms with E-state index in [1.165, 1.54) is 18.3 Å². The number of amides is 1. The van der Waals surface area contributed by atoms with Crippen LogP contribution in [0, 0.1) is 5.82 Å². The number of cyclic esters (lactones) is 1. The van der Waals surface area contributed by atoms with Crippen LogP contribution in [0.1, 0.15) is 0 Å². The number of phosphoric ester groups is 1. The molecular formula is C18H21FN7O6P. The number of ether oxygens (including phenoxy) is 1. The molecule has 1 amide bonds. The lowest BCUT2D eigenvalue weighted by Gasteiger charge is -2.16. The second-order valence-electron chi connectivity index (χ2n) is 7.19. The molecule has 4 rings (SSSR count). The number of aromatic nitrogens is 1.